The maximum atomic E-state index is 12.9. The first-order valence-electron chi connectivity index (χ1n) is 7.72. The highest BCUT2D eigenvalue weighted by molar-refractivity contribution is 7.90. The summed E-state index contributed by atoms with van der Waals surface area (Å²) in [6, 6.07) is 10.9. The molecular weight excluding hydrogens is 430 g/mol. The molecule has 6 nitrogen and oxygen atoms in total. The molecule has 0 N–H and O–H groups in total. The molecule has 144 valence electrons. The molecule has 3 rings (SSSR count). The van der Waals surface area contributed by atoms with E-state index in [1.54, 1.807) is 24.3 Å². The minimum atomic E-state index is -3.96. The third-order valence-corrected chi connectivity index (χ3v) is 5.48. The van der Waals surface area contributed by atoms with Gasteiger partial charge in [-0.3, -0.25) is 0 Å². The van der Waals surface area contributed by atoms with E-state index in [4.69, 9.17) is 27.9 Å². The van der Waals surface area contributed by atoms with Gasteiger partial charge in [0.1, 0.15) is 11.6 Å². The Labute approximate surface area is 169 Å². The maximum Gasteiger partial charge on any atom is 0.364 e. The largest absolute Gasteiger partial charge is 0.422 e. The van der Waals surface area contributed by atoms with Gasteiger partial charge in [-0.15, -0.1) is 0 Å². The summed E-state index contributed by atoms with van der Waals surface area (Å²) in [6.45, 7) is 0. The van der Waals surface area contributed by atoms with Gasteiger partial charge >= 0.3 is 5.97 Å². The van der Waals surface area contributed by atoms with Crippen LogP contribution < -0.4 is 4.74 Å². The Balaban J connectivity index is 1.86. The standard InChI is InChI=1S/C18H11Cl2FN2O4S/c19-12-3-1-11(2-4-12)10-28(25,26)18-22-9-15(20)16(23-18)17(24)27-14-7-5-13(21)6-8-14/h1-9H,10H2. The SMILES string of the molecule is O=C(Oc1ccc(F)cc1)c1nc(S(=O)(=O)Cc2ccc(Cl)cc2)ncc1Cl. The van der Waals surface area contributed by atoms with Gasteiger partial charge < -0.3 is 4.74 Å². The Morgan fingerprint density at radius 3 is 2.32 bits per heavy atom. The highest BCUT2D eigenvalue weighted by atomic mass is 35.5. The summed E-state index contributed by atoms with van der Waals surface area (Å²) in [6.07, 6.45) is 1.00. The fraction of sp³-hybridized carbons (Fsp3) is 0.0556. The third kappa shape index (κ3) is 4.83. The van der Waals surface area contributed by atoms with Gasteiger partial charge in [0.2, 0.25) is 15.0 Å². The number of aromatic nitrogens is 2. The second-order valence-corrected chi connectivity index (χ2v) is 8.31. The van der Waals surface area contributed by atoms with E-state index in [1.807, 2.05) is 0 Å². The molecule has 0 saturated carbocycles. The van der Waals surface area contributed by atoms with Crippen molar-refractivity contribution in [1.29, 1.82) is 0 Å². The van der Waals surface area contributed by atoms with Gasteiger partial charge in [0.15, 0.2) is 5.69 Å². The van der Waals surface area contributed by atoms with Crippen molar-refractivity contribution >= 4 is 39.0 Å². The van der Waals surface area contributed by atoms with Crippen molar-refractivity contribution in [3.8, 4) is 5.75 Å². The zero-order valence-electron chi connectivity index (χ0n) is 14.0. The van der Waals surface area contributed by atoms with Crippen LogP contribution in [0.2, 0.25) is 10.0 Å². The molecular formula is C18H11Cl2FN2O4S. The molecule has 0 fully saturated rings. The van der Waals surface area contributed by atoms with E-state index in [-0.39, 0.29) is 10.8 Å². The molecule has 0 aliphatic rings. The summed E-state index contributed by atoms with van der Waals surface area (Å²) in [7, 11) is -3.96. The molecule has 0 aliphatic carbocycles. The number of hydrogen-bond acceptors (Lipinski definition) is 6. The number of rotatable bonds is 5. The molecule has 0 radical (unpaired) electrons. The van der Waals surface area contributed by atoms with Crippen molar-refractivity contribution in [2.75, 3.05) is 0 Å². The Morgan fingerprint density at radius 2 is 1.68 bits per heavy atom. The molecule has 1 aromatic heterocycles. The van der Waals surface area contributed by atoms with Crippen molar-refractivity contribution in [3.63, 3.8) is 0 Å². The minimum Gasteiger partial charge on any atom is -0.422 e. The predicted octanol–water partition coefficient (Wildman–Crippen LogP) is 4.12. The molecule has 0 atom stereocenters. The normalized spacial score (nSPS) is 11.2. The summed E-state index contributed by atoms with van der Waals surface area (Å²) in [5, 5.41) is -0.287. The van der Waals surface area contributed by atoms with E-state index in [1.165, 1.54) is 12.1 Å². The fourth-order valence-electron chi connectivity index (χ4n) is 2.17. The average molecular weight is 441 g/mol. The first-order valence-corrected chi connectivity index (χ1v) is 10.1. The quantitative estimate of drug-likeness (QED) is 0.337. The van der Waals surface area contributed by atoms with Crippen LogP contribution in [0.25, 0.3) is 0 Å². The lowest BCUT2D eigenvalue weighted by atomic mass is 10.2. The van der Waals surface area contributed by atoms with Gasteiger partial charge in [0, 0.05) is 5.02 Å². The number of hydrogen-bond donors (Lipinski definition) is 0. The second kappa shape index (κ2) is 8.22. The number of esters is 1. The van der Waals surface area contributed by atoms with Crippen LogP contribution in [0.4, 0.5) is 4.39 Å². The summed E-state index contributed by atoms with van der Waals surface area (Å²) < 4.78 is 43.1. The first kappa shape index (κ1) is 20.2. The zero-order chi connectivity index (χ0) is 20.3. The molecule has 2 aromatic carbocycles. The summed E-state index contributed by atoms with van der Waals surface area (Å²) in [5.74, 6) is -1.85. The second-order valence-electron chi connectivity index (χ2n) is 5.58. The van der Waals surface area contributed by atoms with Crippen LogP contribution in [0.15, 0.2) is 59.9 Å². The van der Waals surface area contributed by atoms with Crippen LogP contribution in [0.5, 0.6) is 5.75 Å². The molecule has 0 unspecified atom stereocenters. The lowest BCUT2D eigenvalue weighted by molar-refractivity contribution is 0.0727. The van der Waals surface area contributed by atoms with Gasteiger partial charge in [-0.1, -0.05) is 35.3 Å². The lowest BCUT2D eigenvalue weighted by Gasteiger charge is -2.08. The number of carbonyl (C=O) groups is 1. The molecule has 0 amide bonds. The Hall–Kier alpha value is -2.55. The van der Waals surface area contributed by atoms with E-state index in [0.717, 1.165) is 18.3 Å². The fourth-order valence-corrected chi connectivity index (χ4v) is 3.66. The molecule has 1 heterocycles. The van der Waals surface area contributed by atoms with E-state index in [0.29, 0.717) is 10.6 Å². The number of sulfone groups is 1. The minimum absolute atomic E-state index is 0.0478. The van der Waals surface area contributed by atoms with Crippen LogP contribution in [0.3, 0.4) is 0 Å². The highest BCUT2D eigenvalue weighted by Gasteiger charge is 2.24. The molecule has 0 bridgehead atoms. The van der Waals surface area contributed by atoms with Crippen molar-refractivity contribution < 1.29 is 22.3 Å². The van der Waals surface area contributed by atoms with Crippen LogP contribution in [-0.4, -0.2) is 24.4 Å². The van der Waals surface area contributed by atoms with Gasteiger partial charge in [-0.05, 0) is 42.0 Å². The van der Waals surface area contributed by atoms with Gasteiger partial charge in [0.25, 0.3) is 0 Å². The van der Waals surface area contributed by atoms with Crippen molar-refractivity contribution in [3.05, 3.63) is 81.8 Å². The van der Waals surface area contributed by atoms with E-state index in [9.17, 15) is 17.6 Å². The Morgan fingerprint density at radius 1 is 1.04 bits per heavy atom. The van der Waals surface area contributed by atoms with Gasteiger partial charge in [-0.2, -0.15) is 0 Å². The summed E-state index contributed by atoms with van der Waals surface area (Å²) in [5.41, 5.74) is 0.0501. The lowest BCUT2D eigenvalue weighted by Crippen LogP contribution is -2.16. The maximum absolute atomic E-state index is 12.9. The Bertz CT molecular complexity index is 1120. The summed E-state index contributed by atoms with van der Waals surface area (Å²) >= 11 is 11.7. The monoisotopic (exact) mass is 440 g/mol. The van der Waals surface area contributed by atoms with Gasteiger partial charge in [0.05, 0.1) is 17.0 Å². The average Bonchev–Trinajstić information content (AvgIpc) is 2.65. The Kier molecular flexibility index (Phi) is 5.93. The van der Waals surface area contributed by atoms with E-state index >= 15 is 0 Å². The molecule has 10 heteroatoms. The van der Waals surface area contributed by atoms with Crippen LogP contribution in [-0.2, 0) is 15.6 Å². The number of nitrogens with zero attached hydrogens (tertiary/aromatic N) is 2. The first-order chi connectivity index (χ1) is 13.2. The van der Waals surface area contributed by atoms with Crippen molar-refractivity contribution in [1.82, 2.24) is 9.97 Å². The smallest absolute Gasteiger partial charge is 0.364 e. The van der Waals surface area contributed by atoms with E-state index in [2.05, 4.69) is 9.97 Å². The number of benzene rings is 2. The summed E-state index contributed by atoms with van der Waals surface area (Å²) in [4.78, 5) is 19.8. The molecule has 0 spiro atoms. The molecule has 0 saturated heterocycles. The zero-order valence-corrected chi connectivity index (χ0v) is 16.3. The van der Waals surface area contributed by atoms with Crippen molar-refractivity contribution in [2.24, 2.45) is 0 Å². The number of carbonyl (C=O) groups excluding carboxylic acids is 1. The molecule has 28 heavy (non-hydrogen) atoms. The number of halogens is 3. The van der Waals surface area contributed by atoms with Crippen LogP contribution >= 0.6 is 23.2 Å². The van der Waals surface area contributed by atoms with Gasteiger partial charge in [-0.25, -0.2) is 27.6 Å². The van der Waals surface area contributed by atoms with Crippen LogP contribution in [0.1, 0.15) is 16.1 Å². The molecule has 3 aromatic rings. The molecule has 0 aliphatic heterocycles. The van der Waals surface area contributed by atoms with Crippen LogP contribution in [0, 0.1) is 5.82 Å². The number of ether oxygens (including phenoxy) is 1. The third-order valence-electron chi connectivity index (χ3n) is 3.49. The van der Waals surface area contributed by atoms with Crippen molar-refractivity contribution in [2.45, 2.75) is 10.9 Å². The predicted molar refractivity (Wildman–Crippen MR) is 101 cm³/mol. The topological polar surface area (TPSA) is 86.2 Å². The van der Waals surface area contributed by atoms with E-state index < -0.39 is 38.2 Å². The highest BCUT2D eigenvalue weighted by Crippen LogP contribution is 2.21.